The molecule has 4 atom stereocenters. The zero-order valence-electron chi connectivity index (χ0n) is 22.6. The number of alkyl halides is 3. The van der Waals surface area contributed by atoms with E-state index in [9.17, 15) is 18.0 Å². The average Bonchev–Trinajstić information content (AvgIpc) is 3.20. The lowest BCUT2D eigenvalue weighted by molar-refractivity contribution is -0.137. The second kappa shape index (κ2) is 12.6. The Bertz CT molecular complexity index is 987. The molecule has 38 heavy (non-hydrogen) atoms. The van der Waals surface area contributed by atoms with Crippen LogP contribution in [0.3, 0.4) is 0 Å². The molecule has 0 aromatic heterocycles. The summed E-state index contributed by atoms with van der Waals surface area (Å²) in [7, 11) is 0. The average molecular weight is 557 g/mol. The van der Waals surface area contributed by atoms with E-state index in [0.717, 1.165) is 69.9 Å². The molecular formula is C28H40ClF3N4O2. The number of aliphatic imine (C=N–C) groups is 1. The molecule has 2 unspecified atom stereocenters. The van der Waals surface area contributed by atoms with Crippen molar-refractivity contribution in [1.82, 2.24) is 15.1 Å². The topological polar surface area (TPSA) is 57.2 Å². The number of nitrogens with one attached hydrogen (secondary N) is 1. The summed E-state index contributed by atoms with van der Waals surface area (Å²) in [5.74, 6) is 1.55. The summed E-state index contributed by atoms with van der Waals surface area (Å²) < 4.78 is 46.4. The fourth-order valence-electron chi connectivity index (χ4n) is 6.11. The van der Waals surface area contributed by atoms with Crippen LogP contribution < -0.4 is 5.32 Å². The van der Waals surface area contributed by atoms with Crippen LogP contribution in [0.25, 0.3) is 0 Å². The Labute approximate surface area is 228 Å². The fraction of sp³-hybridized carbons (Fsp3) is 0.714. The van der Waals surface area contributed by atoms with Crippen LogP contribution in [0.1, 0.15) is 57.6 Å². The van der Waals surface area contributed by atoms with E-state index in [0.29, 0.717) is 13.1 Å². The Hall–Kier alpha value is -1.84. The van der Waals surface area contributed by atoms with E-state index in [4.69, 9.17) is 16.3 Å². The van der Waals surface area contributed by atoms with Crippen LogP contribution in [-0.2, 0) is 15.7 Å². The van der Waals surface area contributed by atoms with E-state index in [-0.39, 0.29) is 40.5 Å². The number of carbonyl (C=O) groups is 1. The van der Waals surface area contributed by atoms with Gasteiger partial charge in [-0.3, -0.25) is 4.79 Å². The van der Waals surface area contributed by atoms with E-state index in [2.05, 4.69) is 34.0 Å². The van der Waals surface area contributed by atoms with Gasteiger partial charge in [0.2, 0.25) is 11.8 Å². The van der Waals surface area contributed by atoms with Gasteiger partial charge in [-0.25, -0.2) is 4.99 Å². The van der Waals surface area contributed by atoms with E-state index < -0.39 is 11.7 Å². The van der Waals surface area contributed by atoms with Crippen LogP contribution in [0, 0.1) is 17.8 Å². The van der Waals surface area contributed by atoms with Gasteiger partial charge in [-0.1, -0.05) is 31.5 Å². The molecule has 1 aromatic carbocycles. The molecule has 212 valence electrons. The molecule has 3 aliphatic rings. The number of likely N-dealkylation sites (tertiary alicyclic amines) is 2. The largest absolute Gasteiger partial charge is 0.472 e. The Morgan fingerprint density at radius 1 is 1.13 bits per heavy atom. The minimum atomic E-state index is -4.55. The number of ether oxygens (including phenoxy) is 1. The van der Waals surface area contributed by atoms with Crippen molar-refractivity contribution in [2.75, 3.05) is 45.8 Å². The van der Waals surface area contributed by atoms with Crippen molar-refractivity contribution in [1.29, 1.82) is 0 Å². The zero-order chi connectivity index (χ0) is 27.4. The van der Waals surface area contributed by atoms with E-state index >= 15 is 0 Å². The maximum atomic E-state index is 13.5. The first-order valence-corrected chi connectivity index (χ1v) is 14.2. The van der Waals surface area contributed by atoms with Crippen molar-refractivity contribution in [2.24, 2.45) is 22.7 Å². The second-order valence-electron chi connectivity index (χ2n) is 11.4. The molecule has 0 spiro atoms. The fourth-order valence-corrected chi connectivity index (χ4v) is 6.36. The second-order valence-corrected chi connectivity index (χ2v) is 11.8. The SMILES string of the molecule is CC1OC(c2c(Cl)cccc2C(F)(F)F)=NC1CN1CCC(C(=O)NCCCN2C[C@H](C)C[C@H](C)C2)CC1. The number of benzene rings is 1. The minimum Gasteiger partial charge on any atom is -0.472 e. The molecule has 2 saturated heterocycles. The first-order chi connectivity index (χ1) is 18.0. The molecular weight excluding hydrogens is 517 g/mol. The van der Waals surface area contributed by atoms with Crippen LogP contribution in [0.2, 0.25) is 5.02 Å². The zero-order valence-corrected chi connectivity index (χ0v) is 23.3. The molecule has 10 heteroatoms. The Balaban J connectivity index is 1.22. The maximum absolute atomic E-state index is 13.5. The van der Waals surface area contributed by atoms with Crippen molar-refractivity contribution < 1.29 is 22.7 Å². The molecule has 0 radical (unpaired) electrons. The molecule has 6 nitrogen and oxygen atoms in total. The lowest BCUT2D eigenvalue weighted by Gasteiger charge is -2.35. The summed E-state index contributed by atoms with van der Waals surface area (Å²) in [4.78, 5) is 22.0. The lowest BCUT2D eigenvalue weighted by Crippen LogP contribution is -2.44. The number of piperidine rings is 2. The summed E-state index contributed by atoms with van der Waals surface area (Å²) in [6, 6.07) is 3.39. The van der Waals surface area contributed by atoms with Gasteiger partial charge in [0.05, 0.1) is 16.1 Å². The molecule has 2 fully saturated rings. The van der Waals surface area contributed by atoms with Crippen LogP contribution in [0.5, 0.6) is 0 Å². The third kappa shape index (κ3) is 7.42. The molecule has 1 N–H and O–H groups in total. The van der Waals surface area contributed by atoms with Crippen molar-refractivity contribution in [2.45, 2.75) is 64.8 Å². The number of hydrogen-bond donors (Lipinski definition) is 1. The van der Waals surface area contributed by atoms with Crippen molar-refractivity contribution in [3.05, 3.63) is 34.3 Å². The standard InChI is InChI=1S/C28H40ClF3N4O2/c1-18-14-19(2)16-36(15-18)11-5-10-33-26(37)21-8-12-35(13-9-21)17-24-20(3)38-27(34-24)25-22(28(30,31)32)6-4-7-23(25)29/h4,6-7,18-21,24H,5,8-17H2,1-3H3,(H,33,37)/t18-,19+,20?,24?. The minimum absolute atomic E-state index is 0.00457. The molecule has 1 aromatic rings. The summed E-state index contributed by atoms with van der Waals surface area (Å²) in [6.45, 7) is 12.5. The van der Waals surface area contributed by atoms with Gasteiger partial charge in [0.25, 0.3) is 0 Å². The van der Waals surface area contributed by atoms with Gasteiger partial charge in [0.15, 0.2) is 0 Å². The summed E-state index contributed by atoms with van der Waals surface area (Å²) in [6.07, 6.45) is -1.14. The highest BCUT2D eigenvalue weighted by atomic mass is 35.5. The summed E-state index contributed by atoms with van der Waals surface area (Å²) >= 11 is 6.13. The Morgan fingerprint density at radius 2 is 1.82 bits per heavy atom. The Morgan fingerprint density at radius 3 is 2.47 bits per heavy atom. The van der Waals surface area contributed by atoms with Crippen molar-refractivity contribution in [3.8, 4) is 0 Å². The molecule has 0 saturated carbocycles. The number of rotatable bonds is 8. The number of amides is 1. The van der Waals surface area contributed by atoms with Gasteiger partial charge in [0.1, 0.15) is 12.1 Å². The van der Waals surface area contributed by atoms with E-state index in [1.165, 1.54) is 18.6 Å². The molecule has 0 aliphatic carbocycles. The summed E-state index contributed by atoms with van der Waals surface area (Å²) in [5.41, 5.74) is -1.04. The lowest BCUT2D eigenvalue weighted by atomic mass is 9.92. The third-order valence-corrected chi connectivity index (χ3v) is 8.27. The van der Waals surface area contributed by atoms with Gasteiger partial charge < -0.3 is 19.9 Å². The molecule has 1 amide bonds. The molecule has 3 aliphatic heterocycles. The predicted octanol–water partition coefficient (Wildman–Crippen LogP) is 5.09. The number of nitrogens with zero attached hydrogens (tertiary/aromatic N) is 3. The predicted molar refractivity (Wildman–Crippen MR) is 144 cm³/mol. The van der Waals surface area contributed by atoms with Gasteiger partial charge in [-0.2, -0.15) is 13.2 Å². The van der Waals surface area contributed by atoms with Gasteiger partial charge in [-0.05, 0) is 76.2 Å². The van der Waals surface area contributed by atoms with Gasteiger partial charge in [0, 0.05) is 32.1 Å². The Kier molecular flexibility index (Phi) is 9.63. The van der Waals surface area contributed by atoms with Gasteiger partial charge in [-0.15, -0.1) is 0 Å². The molecule has 3 heterocycles. The molecule has 0 bridgehead atoms. The normalized spacial score (nSPS) is 27.7. The third-order valence-electron chi connectivity index (χ3n) is 7.95. The first kappa shape index (κ1) is 29.2. The smallest absolute Gasteiger partial charge is 0.417 e. The highest BCUT2D eigenvalue weighted by Gasteiger charge is 2.39. The highest BCUT2D eigenvalue weighted by molar-refractivity contribution is 6.34. The maximum Gasteiger partial charge on any atom is 0.417 e. The van der Waals surface area contributed by atoms with Crippen molar-refractivity contribution >= 4 is 23.4 Å². The van der Waals surface area contributed by atoms with Crippen molar-refractivity contribution in [3.63, 3.8) is 0 Å². The quantitative estimate of drug-likeness (QED) is 0.453. The molecule has 4 rings (SSSR count). The monoisotopic (exact) mass is 556 g/mol. The number of hydrogen-bond acceptors (Lipinski definition) is 5. The van der Waals surface area contributed by atoms with Crippen LogP contribution in [-0.4, -0.2) is 79.6 Å². The highest BCUT2D eigenvalue weighted by Crippen LogP contribution is 2.37. The number of halogens is 4. The van der Waals surface area contributed by atoms with Crippen LogP contribution >= 0.6 is 11.6 Å². The number of carbonyl (C=O) groups excluding carboxylic acids is 1. The van der Waals surface area contributed by atoms with Gasteiger partial charge >= 0.3 is 6.18 Å². The van der Waals surface area contributed by atoms with E-state index in [1.54, 1.807) is 0 Å². The van der Waals surface area contributed by atoms with Crippen LogP contribution in [0.4, 0.5) is 13.2 Å². The van der Waals surface area contributed by atoms with Crippen LogP contribution in [0.15, 0.2) is 23.2 Å². The summed E-state index contributed by atoms with van der Waals surface area (Å²) in [5, 5.41) is 3.10. The first-order valence-electron chi connectivity index (χ1n) is 13.8. The van der Waals surface area contributed by atoms with E-state index in [1.807, 2.05) is 6.92 Å².